The monoisotopic (exact) mass is 371 g/mol. The lowest BCUT2D eigenvalue weighted by Crippen LogP contribution is -2.51. The third-order valence-electron chi connectivity index (χ3n) is 7.49. The van der Waals surface area contributed by atoms with Gasteiger partial charge in [0.15, 0.2) is 0 Å². The van der Waals surface area contributed by atoms with Crippen LogP contribution in [0.3, 0.4) is 0 Å². The number of Topliss-reactive ketones (excluding diaryl/α,β-unsaturated/α-hetero) is 2. The van der Waals surface area contributed by atoms with Crippen LogP contribution >= 0.6 is 11.6 Å². The van der Waals surface area contributed by atoms with Crippen LogP contribution in [-0.2, 0) is 14.4 Å². The number of anilines is 1. The van der Waals surface area contributed by atoms with Gasteiger partial charge in [-0.25, -0.2) is 0 Å². The van der Waals surface area contributed by atoms with Crippen LogP contribution in [0.15, 0.2) is 24.3 Å². The summed E-state index contributed by atoms with van der Waals surface area (Å²) in [5.74, 6) is -0.139. The molecule has 4 atom stereocenters. The molecular weight excluding hydrogens is 350 g/mol. The molecular formula is C21H22ClNO3. The quantitative estimate of drug-likeness (QED) is 0.602. The van der Waals surface area contributed by atoms with Gasteiger partial charge in [0.2, 0.25) is 5.78 Å². The van der Waals surface area contributed by atoms with Gasteiger partial charge in [0, 0.05) is 10.7 Å². The number of carbonyl (C=O) groups excluding carboxylic acids is 3. The first-order chi connectivity index (χ1) is 12.4. The van der Waals surface area contributed by atoms with Crippen LogP contribution in [-0.4, -0.2) is 23.5 Å². The van der Waals surface area contributed by atoms with E-state index in [0.29, 0.717) is 28.5 Å². The van der Waals surface area contributed by atoms with Crippen LogP contribution in [0, 0.1) is 29.1 Å². The van der Waals surface area contributed by atoms with Gasteiger partial charge in [-0.3, -0.25) is 14.4 Å². The Bertz CT molecular complexity index is 803. The van der Waals surface area contributed by atoms with Gasteiger partial charge in [-0.05, 0) is 86.5 Å². The van der Waals surface area contributed by atoms with E-state index in [1.54, 1.807) is 29.2 Å². The number of benzene rings is 1. The molecule has 1 aromatic rings. The number of carbonyl (C=O) groups is 3. The lowest BCUT2D eigenvalue weighted by molar-refractivity contribution is -0.138. The molecule has 1 aliphatic heterocycles. The Morgan fingerprint density at radius 1 is 1.08 bits per heavy atom. The summed E-state index contributed by atoms with van der Waals surface area (Å²) in [5.41, 5.74) is 0.604. The van der Waals surface area contributed by atoms with Gasteiger partial charge in [-0.2, -0.15) is 0 Å². The molecule has 1 saturated heterocycles. The minimum absolute atomic E-state index is 0.0780. The topological polar surface area (TPSA) is 54.5 Å². The largest absolute Gasteiger partial charge is 0.301 e. The van der Waals surface area contributed by atoms with Crippen LogP contribution in [0.1, 0.15) is 39.0 Å². The van der Waals surface area contributed by atoms with Gasteiger partial charge in [-0.1, -0.05) is 11.6 Å². The number of nitrogens with zero attached hydrogens (tertiary/aromatic N) is 1. The van der Waals surface area contributed by atoms with E-state index in [1.165, 1.54) is 26.2 Å². The van der Waals surface area contributed by atoms with E-state index in [-0.39, 0.29) is 17.2 Å². The van der Waals surface area contributed by atoms with E-state index in [4.69, 9.17) is 11.6 Å². The number of hydrogen-bond acceptors (Lipinski definition) is 3. The van der Waals surface area contributed by atoms with Crippen molar-refractivity contribution in [3.63, 3.8) is 0 Å². The van der Waals surface area contributed by atoms with Gasteiger partial charge >= 0.3 is 0 Å². The normalized spacial score (nSPS) is 40.7. The lowest BCUT2D eigenvalue weighted by atomic mass is 9.66. The smallest absolute Gasteiger partial charge is 0.295 e. The Labute approximate surface area is 157 Å². The highest BCUT2D eigenvalue weighted by molar-refractivity contribution is 6.48. The zero-order valence-electron chi connectivity index (χ0n) is 14.8. The van der Waals surface area contributed by atoms with Gasteiger partial charge in [-0.15, -0.1) is 0 Å². The molecule has 26 heavy (non-hydrogen) atoms. The predicted octanol–water partition coefficient (Wildman–Crippen LogP) is 3.66. The molecule has 136 valence electrons. The standard InChI is InChI=1S/C21H22ClNO3/c1-11(24)17-18(25)20(26)23(16-4-2-15(22)3-5-16)19(17)21-9-12-6-13(10-21)8-14(21)7-12/h2-5,12-14,17,19H,6-10H2,1H3. The van der Waals surface area contributed by atoms with Crippen molar-refractivity contribution in [1.29, 1.82) is 0 Å². The first kappa shape index (κ1) is 16.5. The number of amides is 1. The molecule has 4 saturated carbocycles. The van der Waals surface area contributed by atoms with E-state index in [2.05, 4.69) is 0 Å². The number of rotatable bonds is 3. The number of hydrogen-bond donors (Lipinski definition) is 0. The maximum absolute atomic E-state index is 12.9. The zero-order valence-corrected chi connectivity index (χ0v) is 15.5. The van der Waals surface area contributed by atoms with Crippen LogP contribution in [0.25, 0.3) is 0 Å². The molecule has 1 amide bonds. The molecule has 0 radical (unpaired) electrons. The summed E-state index contributed by atoms with van der Waals surface area (Å²) in [4.78, 5) is 39.9. The average Bonchev–Trinajstić information content (AvgIpc) is 3.11. The van der Waals surface area contributed by atoms with Crippen molar-refractivity contribution < 1.29 is 14.4 Å². The highest BCUT2D eigenvalue weighted by Gasteiger charge is 2.67. The molecule has 0 N–H and O–H groups in total. The van der Waals surface area contributed by atoms with Gasteiger partial charge in [0.1, 0.15) is 11.7 Å². The van der Waals surface area contributed by atoms with E-state index in [1.807, 2.05) is 0 Å². The molecule has 0 aromatic heterocycles. The molecule has 4 bridgehead atoms. The van der Waals surface area contributed by atoms with Gasteiger partial charge in [0.05, 0.1) is 6.04 Å². The Balaban J connectivity index is 1.65. The minimum Gasteiger partial charge on any atom is -0.301 e. The molecule has 6 rings (SSSR count). The summed E-state index contributed by atoms with van der Waals surface area (Å²) in [7, 11) is 0. The first-order valence-electron chi connectivity index (χ1n) is 9.54. The maximum atomic E-state index is 12.9. The second-order valence-corrected chi connectivity index (χ2v) is 9.26. The second-order valence-electron chi connectivity index (χ2n) is 8.83. The van der Waals surface area contributed by atoms with Gasteiger partial charge in [0.25, 0.3) is 5.91 Å². The summed E-state index contributed by atoms with van der Waals surface area (Å²) in [6.45, 7) is 1.46. The maximum Gasteiger partial charge on any atom is 0.295 e. The molecule has 5 heteroatoms. The Morgan fingerprint density at radius 3 is 2.27 bits per heavy atom. The third kappa shape index (κ3) is 2.05. The van der Waals surface area contributed by atoms with Crippen molar-refractivity contribution >= 4 is 34.8 Å². The molecule has 1 heterocycles. The van der Waals surface area contributed by atoms with Gasteiger partial charge < -0.3 is 4.90 Å². The van der Waals surface area contributed by atoms with Crippen molar-refractivity contribution in [3.05, 3.63) is 29.3 Å². The predicted molar refractivity (Wildman–Crippen MR) is 97.9 cm³/mol. The van der Waals surface area contributed by atoms with Crippen LogP contribution in [0.5, 0.6) is 0 Å². The second kappa shape index (κ2) is 5.41. The SMILES string of the molecule is CC(=O)C1C(=O)C(=O)N(c2ccc(Cl)cc2)C1C12CC3CC(CC1C3)C2. The summed E-state index contributed by atoms with van der Waals surface area (Å²) in [6, 6.07) is 6.73. The fourth-order valence-electron chi connectivity index (χ4n) is 6.89. The number of halogens is 1. The summed E-state index contributed by atoms with van der Waals surface area (Å²) in [5, 5.41) is 0.588. The van der Waals surface area contributed by atoms with Crippen molar-refractivity contribution in [3.8, 4) is 0 Å². The lowest BCUT2D eigenvalue weighted by Gasteiger charge is -2.44. The summed E-state index contributed by atoms with van der Waals surface area (Å²) < 4.78 is 0. The summed E-state index contributed by atoms with van der Waals surface area (Å²) >= 11 is 6.01. The molecule has 4 unspecified atom stereocenters. The van der Waals surface area contributed by atoms with Crippen LogP contribution in [0.4, 0.5) is 5.69 Å². The highest BCUT2D eigenvalue weighted by Crippen LogP contribution is 2.69. The molecule has 4 aliphatic carbocycles. The van der Waals surface area contributed by atoms with Crippen molar-refractivity contribution in [2.24, 2.45) is 29.1 Å². The fraction of sp³-hybridized carbons (Fsp3) is 0.571. The minimum atomic E-state index is -0.823. The molecule has 0 spiro atoms. The molecule has 5 fully saturated rings. The van der Waals surface area contributed by atoms with E-state index in [9.17, 15) is 14.4 Å². The highest BCUT2D eigenvalue weighted by atomic mass is 35.5. The van der Waals surface area contributed by atoms with Crippen molar-refractivity contribution in [1.82, 2.24) is 0 Å². The van der Waals surface area contributed by atoms with E-state index in [0.717, 1.165) is 12.8 Å². The third-order valence-corrected chi connectivity index (χ3v) is 7.74. The Kier molecular flexibility index (Phi) is 3.43. The molecule has 4 nitrogen and oxygen atoms in total. The Hall–Kier alpha value is -1.68. The fourth-order valence-corrected chi connectivity index (χ4v) is 7.01. The summed E-state index contributed by atoms with van der Waals surface area (Å²) in [6.07, 6.45) is 5.75. The zero-order chi connectivity index (χ0) is 18.2. The average molecular weight is 372 g/mol. The van der Waals surface area contributed by atoms with E-state index >= 15 is 0 Å². The molecule has 5 aliphatic rings. The van der Waals surface area contributed by atoms with Crippen LogP contribution in [0.2, 0.25) is 5.02 Å². The first-order valence-corrected chi connectivity index (χ1v) is 9.92. The van der Waals surface area contributed by atoms with Crippen molar-refractivity contribution in [2.75, 3.05) is 4.90 Å². The Morgan fingerprint density at radius 2 is 1.69 bits per heavy atom. The molecule has 1 aromatic carbocycles. The number of ketones is 2. The van der Waals surface area contributed by atoms with Crippen LogP contribution < -0.4 is 4.90 Å². The van der Waals surface area contributed by atoms with Crippen molar-refractivity contribution in [2.45, 2.75) is 45.1 Å². The van der Waals surface area contributed by atoms with E-state index < -0.39 is 17.6 Å².